The molecule has 1 aliphatic rings. The maximum absolute atomic E-state index is 11.6. The van der Waals surface area contributed by atoms with Crippen LogP contribution >= 0.6 is 11.6 Å². The van der Waals surface area contributed by atoms with E-state index in [1.54, 1.807) is 0 Å². The normalized spacial score (nSPS) is 27.8. The zero-order valence-electron chi connectivity index (χ0n) is 8.91. The summed E-state index contributed by atoms with van der Waals surface area (Å²) in [5.41, 5.74) is -0.508. The summed E-state index contributed by atoms with van der Waals surface area (Å²) in [6, 6.07) is 2.24. The Kier molecular flexibility index (Phi) is 4.90. The molecule has 0 spiro atoms. The molecule has 0 heterocycles. The van der Waals surface area contributed by atoms with E-state index < -0.39 is 5.56 Å². The van der Waals surface area contributed by atoms with Gasteiger partial charge in [-0.15, -0.1) is 0 Å². The summed E-state index contributed by atoms with van der Waals surface area (Å²) in [5, 5.41) is 8.71. The van der Waals surface area contributed by atoms with E-state index in [1.165, 1.54) is 0 Å². The number of halogens is 1. The van der Waals surface area contributed by atoms with E-state index in [1.807, 2.05) is 6.92 Å². The number of rotatable bonds is 3. The average molecular weight is 230 g/mol. The summed E-state index contributed by atoms with van der Waals surface area (Å²) < 4.78 is 5.05. The van der Waals surface area contributed by atoms with Crippen molar-refractivity contribution in [3.05, 3.63) is 0 Å². The molecule has 3 nitrogen and oxygen atoms in total. The molecule has 1 atom stereocenters. The smallest absolute Gasteiger partial charge is 0.310 e. The van der Waals surface area contributed by atoms with Crippen molar-refractivity contribution in [1.29, 1.82) is 5.26 Å². The molecule has 1 aliphatic carbocycles. The van der Waals surface area contributed by atoms with Crippen LogP contribution in [0.1, 0.15) is 39.0 Å². The number of nitriles is 1. The fourth-order valence-electron chi connectivity index (χ4n) is 1.76. The number of hydrogen-bond acceptors (Lipinski definition) is 3. The number of carbonyl (C=O) groups excluding carboxylic acids is 1. The third-order valence-electron chi connectivity index (χ3n) is 2.81. The molecule has 1 fully saturated rings. The molecule has 0 bridgehead atoms. The van der Waals surface area contributed by atoms with Crippen LogP contribution in [0, 0.1) is 23.2 Å². The molecule has 1 unspecified atom stereocenters. The van der Waals surface area contributed by atoms with Crippen LogP contribution in [0.15, 0.2) is 0 Å². The molecule has 84 valence electrons. The minimum atomic E-state index is -0.508. The van der Waals surface area contributed by atoms with E-state index in [-0.39, 0.29) is 17.8 Å². The van der Waals surface area contributed by atoms with Gasteiger partial charge in [-0.2, -0.15) is 5.26 Å². The molecule has 0 aromatic carbocycles. The van der Waals surface area contributed by atoms with Gasteiger partial charge < -0.3 is 4.74 Å². The largest absolute Gasteiger partial charge is 0.446 e. The molecule has 0 radical (unpaired) electrons. The standard InChI is InChI=1S/C11H16ClNO2/c1-2-10(12)15-11(14)9-5-3-8(7-13)4-6-9/h8-10H,2-6H2,1H3/t8-,9-,10?. The van der Waals surface area contributed by atoms with Gasteiger partial charge in [-0.1, -0.05) is 18.5 Å². The maximum atomic E-state index is 11.6. The lowest BCUT2D eigenvalue weighted by Gasteiger charge is -2.23. The summed E-state index contributed by atoms with van der Waals surface area (Å²) in [5.74, 6) is -0.136. The first-order chi connectivity index (χ1) is 7.17. The molecule has 0 N–H and O–H groups in total. The van der Waals surface area contributed by atoms with E-state index in [0.717, 1.165) is 25.7 Å². The predicted octanol–water partition coefficient (Wildman–Crippen LogP) is 2.83. The van der Waals surface area contributed by atoms with Crippen molar-refractivity contribution >= 4 is 17.6 Å². The van der Waals surface area contributed by atoms with Gasteiger partial charge in [0.2, 0.25) is 0 Å². The molecule has 0 aromatic rings. The summed E-state index contributed by atoms with van der Waals surface area (Å²) in [6.45, 7) is 1.87. The number of alkyl halides is 1. The van der Waals surface area contributed by atoms with Gasteiger partial charge in [-0.3, -0.25) is 4.79 Å². The lowest BCUT2D eigenvalue weighted by molar-refractivity contribution is -0.151. The van der Waals surface area contributed by atoms with E-state index in [2.05, 4.69) is 6.07 Å². The van der Waals surface area contributed by atoms with Gasteiger partial charge >= 0.3 is 5.97 Å². The Labute approximate surface area is 95.4 Å². The van der Waals surface area contributed by atoms with Crippen LogP contribution < -0.4 is 0 Å². The first-order valence-electron chi connectivity index (χ1n) is 5.41. The zero-order chi connectivity index (χ0) is 11.3. The molecule has 0 saturated heterocycles. The second-order valence-corrected chi connectivity index (χ2v) is 4.42. The minimum Gasteiger partial charge on any atom is -0.446 e. The van der Waals surface area contributed by atoms with Crippen molar-refractivity contribution < 1.29 is 9.53 Å². The number of ether oxygens (including phenoxy) is 1. The average Bonchev–Trinajstić information content (AvgIpc) is 2.29. The van der Waals surface area contributed by atoms with Crippen molar-refractivity contribution in [3.8, 4) is 6.07 Å². The van der Waals surface area contributed by atoms with Crippen molar-refractivity contribution in [2.45, 2.75) is 44.6 Å². The van der Waals surface area contributed by atoms with Crippen molar-refractivity contribution in [2.24, 2.45) is 11.8 Å². The Hall–Kier alpha value is -0.750. The van der Waals surface area contributed by atoms with Crippen LogP contribution in [-0.2, 0) is 9.53 Å². The molecule has 1 saturated carbocycles. The fourth-order valence-corrected chi connectivity index (χ4v) is 1.85. The molecule has 0 aromatic heterocycles. The zero-order valence-corrected chi connectivity index (χ0v) is 9.67. The predicted molar refractivity (Wildman–Crippen MR) is 57.1 cm³/mol. The summed E-state index contributed by atoms with van der Waals surface area (Å²) >= 11 is 5.74. The quantitative estimate of drug-likeness (QED) is 0.552. The van der Waals surface area contributed by atoms with Gasteiger partial charge in [0.05, 0.1) is 12.0 Å². The van der Waals surface area contributed by atoms with E-state index in [9.17, 15) is 4.79 Å². The molecule has 4 heteroatoms. The molecule has 0 aliphatic heterocycles. The molecule has 1 rings (SSSR count). The van der Waals surface area contributed by atoms with Crippen molar-refractivity contribution in [3.63, 3.8) is 0 Å². The van der Waals surface area contributed by atoms with Crippen molar-refractivity contribution in [1.82, 2.24) is 0 Å². The van der Waals surface area contributed by atoms with Gasteiger partial charge in [0, 0.05) is 5.92 Å². The highest BCUT2D eigenvalue weighted by atomic mass is 35.5. The van der Waals surface area contributed by atoms with Crippen LogP contribution in [0.5, 0.6) is 0 Å². The van der Waals surface area contributed by atoms with E-state index in [0.29, 0.717) is 6.42 Å². The third-order valence-corrected chi connectivity index (χ3v) is 3.21. The van der Waals surface area contributed by atoms with Crippen LogP contribution in [0.3, 0.4) is 0 Å². The van der Waals surface area contributed by atoms with Gasteiger partial charge in [-0.25, -0.2) is 0 Å². The number of nitrogens with zero attached hydrogens (tertiary/aromatic N) is 1. The van der Waals surface area contributed by atoms with Gasteiger partial charge in [-0.05, 0) is 32.1 Å². The molecule has 15 heavy (non-hydrogen) atoms. The summed E-state index contributed by atoms with van der Waals surface area (Å²) in [4.78, 5) is 11.6. The highest BCUT2D eigenvalue weighted by molar-refractivity contribution is 6.20. The Morgan fingerprint density at radius 3 is 2.60 bits per heavy atom. The lowest BCUT2D eigenvalue weighted by atomic mass is 9.83. The first kappa shape index (κ1) is 12.3. The SMILES string of the molecule is CCC(Cl)OC(=O)[C@H]1CC[C@H](C#N)CC1. The number of carbonyl (C=O) groups is 1. The fraction of sp³-hybridized carbons (Fsp3) is 0.818. The maximum Gasteiger partial charge on any atom is 0.310 e. The van der Waals surface area contributed by atoms with Crippen LogP contribution in [0.25, 0.3) is 0 Å². The topological polar surface area (TPSA) is 50.1 Å². The first-order valence-corrected chi connectivity index (χ1v) is 5.85. The van der Waals surface area contributed by atoms with Crippen LogP contribution in [0.2, 0.25) is 0 Å². The number of esters is 1. The molecular formula is C11H16ClNO2. The molecule has 0 amide bonds. The Morgan fingerprint density at radius 1 is 1.53 bits per heavy atom. The van der Waals surface area contributed by atoms with Gasteiger partial charge in [0.25, 0.3) is 0 Å². The third kappa shape index (κ3) is 3.71. The lowest BCUT2D eigenvalue weighted by Crippen LogP contribution is -2.25. The minimum absolute atomic E-state index is 0.0533. The van der Waals surface area contributed by atoms with Crippen molar-refractivity contribution in [2.75, 3.05) is 0 Å². The summed E-state index contributed by atoms with van der Waals surface area (Å²) in [7, 11) is 0. The van der Waals surface area contributed by atoms with E-state index >= 15 is 0 Å². The monoisotopic (exact) mass is 229 g/mol. The highest BCUT2D eigenvalue weighted by Crippen LogP contribution is 2.29. The van der Waals surface area contributed by atoms with Crippen LogP contribution in [0.4, 0.5) is 0 Å². The molecular weight excluding hydrogens is 214 g/mol. The van der Waals surface area contributed by atoms with E-state index in [4.69, 9.17) is 21.6 Å². The second kappa shape index (κ2) is 5.97. The highest BCUT2D eigenvalue weighted by Gasteiger charge is 2.28. The van der Waals surface area contributed by atoms with Gasteiger partial charge in [0.1, 0.15) is 0 Å². The Morgan fingerprint density at radius 2 is 2.13 bits per heavy atom. The second-order valence-electron chi connectivity index (χ2n) is 3.93. The Balaban J connectivity index is 2.34. The number of hydrogen-bond donors (Lipinski definition) is 0. The summed E-state index contributed by atoms with van der Waals surface area (Å²) in [6.07, 6.45) is 3.74. The van der Waals surface area contributed by atoms with Gasteiger partial charge in [0.15, 0.2) is 5.56 Å². The van der Waals surface area contributed by atoms with Crippen LogP contribution in [-0.4, -0.2) is 11.5 Å². The Bertz CT molecular complexity index is 254.